The number of hydrogen-bond acceptors (Lipinski definition) is 3. The Hall–Kier alpha value is -1.50. The smallest absolute Gasteiger partial charge is 0.315 e. The van der Waals surface area contributed by atoms with Crippen LogP contribution in [0.5, 0.6) is 0 Å². The summed E-state index contributed by atoms with van der Waals surface area (Å²) >= 11 is 12.0. The number of nitrogens with one attached hydrogen (secondary N) is 2. The van der Waals surface area contributed by atoms with Gasteiger partial charge in [-0.2, -0.15) is 0 Å². The number of carboxylic acid groups (broad SMARTS) is 1. The van der Waals surface area contributed by atoms with Crippen molar-refractivity contribution in [1.29, 1.82) is 0 Å². The number of hydrogen-bond donors (Lipinski definition) is 3. The number of likely N-dealkylation sites (tertiary alicyclic amines) is 1. The number of urea groups is 1. The van der Waals surface area contributed by atoms with E-state index in [4.69, 9.17) is 28.3 Å². The number of amides is 2. The number of carbonyl (C=O) groups excluding carboxylic acids is 1. The number of nitrogens with zero attached hydrogens (tertiary/aromatic N) is 1. The summed E-state index contributed by atoms with van der Waals surface area (Å²) in [5.74, 6) is -0.850. The number of rotatable bonds is 7. The maximum absolute atomic E-state index is 11.8. The van der Waals surface area contributed by atoms with Gasteiger partial charge in [-0.05, 0) is 37.0 Å². The van der Waals surface area contributed by atoms with Crippen LogP contribution >= 0.6 is 23.2 Å². The Balaban J connectivity index is 1.66. The van der Waals surface area contributed by atoms with Crippen molar-refractivity contribution in [3.63, 3.8) is 0 Å². The predicted octanol–water partition coefficient (Wildman–Crippen LogP) is 3.12. The van der Waals surface area contributed by atoms with Crippen molar-refractivity contribution in [3.05, 3.63) is 33.8 Å². The van der Waals surface area contributed by atoms with Gasteiger partial charge in [0.05, 0.1) is 10.0 Å². The minimum absolute atomic E-state index is 0.0629. The van der Waals surface area contributed by atoms with Crippen LogP contribution in [-0.4, -0.2) is 47.7 Å². The van der Waals surface area contributed by atoms with Crippen molar-refractivity contribution >= 4 is 35.2 Å². The highest BCUT2D eigenvalue weighted by atomic mass is 35.5. The van der Waals surface area contributed by atoms with E-state index in [1.165, 1.54) is 0 Å². The summed E-state index contributed by atoms with van der Waals surface area (Å²) < 4.78 is 0. The second-order valence-corrected chi connectivity index (χ2v) is 7.01. The topological polar surface area (TPSA) is 81.7 Å². The minimum atomic E-state index is -0.850. The van der Waals surface area contributed by atoms with E-state index in [0.29, 0.717) is 23.0 Å². The molecule has 0 unspecified atom stereocenters. The van der Waals surface area contributed by atoms with Crippen molar-refractivity contribution in [3.8, 4) is 0 Å². The molecule has 1 fully saturated rings. The maximum Gasteiger partial charge on any atom is 0.315 e. The molecule has 1 saturated heterocycles. The van der Waals surface area contributed by atoms with Crippen LogP contribution in [0.25, 0.3) is 0 Å². The second kappa shape index (κ2) is 9.85. The van der Waals surface area contributed by atoms with Gasteiger partial charge in [0, 0.05) is 38.6 Å². The number of carboxylic acids is 1. The van der Waals surface area contributed by atoms with Crippen molar-refractivity contribution in [1.82, 2.24) is 15.5 Å². The summed E-state index contributed by atoms with van der Waals surface area (Å²) in [6.07, 6.45) is 2.26. The fourth-order valence-corrected chi connectivity index (χ4v) is 3.13. The first-order valence-electron chi connectivity index (χ1n) is 8.36. The molecule has 1 heterocycles. The SMILES string of the molecule is O=C(O)CCCNC(=O)NC1CCN(Cc2ccc(Cl)c(Cl)c2)CC1. The summed E-state index contributed by atoms with van der Waals surface area (Å²) in [5.41, 5.74) is 1.12. The largest absolute Gasteiger partial charge is 0.481 e. The fourth-order valence-electron chi connectivity index (χ4n) is 2.81. The van der Waals surface area contributed by atoms with Crippen LogP contribution < -0.4 is 10.6 Å². The van der Waals surface area contributed by atoms with Crippen LogP contribution in [0.15, 0.2) is 18.2 Å². The Morgan fingerprint density at radius 2 is 1.92 bits per heavy atom. The number of carbonyl (C=O) groups is 2. The first-order valence-corrected chi connectivity index (χ1v) is 9.12. The molecule has 1 aliphatic heterocycles. The standard InChI is InChI=1S/C17H23Cl2N3O3/c18-14-4-3-12(10-15(14)19)11-22-8-5-13(6-9-22)21-17(25)20-7-1-2-16(23)24/h3-4,10,13H,1-2,5-9,11H2,(H,23,24)(H2,20,21,25). The molecule has 2 rings (SSSR count). The van der Waals surface area contributed by atoms with Crippen LogP contribution in [0.1, 0.15) is 31.2 Å². The second-order valence-electron chi connectivity index (χ2n) is 6.20. The van der Waals surface area contributed by atoms with Crippen LogP contribution in [0.3, 0.4) is 0 Å². The molecule has 1 aliphatic rings. The lowest BCUT2D eigenvalue weighted by Gasteiger charge is -2.32. The highest BCUT2D eigenvalue weighted by Crippen LogP contribution is 2.24. The quantitative estimate of drug-likeness (QED) is 0.627. The lowest BCUT2D eigenvalue weighted by molar-refractivity contribution is -0.137. The molecule has 8 heteroatoms. The molecule has 0 bridgehead atoms. The molecule has 1 aromatic rings. The molecule has 0 aliphatic carbocycles. The minimum Gasteiger partial charge on any atom is -0.481 e. The zero-order valence-electron chi connectivity index (χ0n) is 13.9. The lowest BCUT2D eigenvalue weighted by atomic mass is 10.0. The zero-order valence-corrected chi connectivity index (χ0v) is 15.4. The molecule has 3 N–H and O–H groups in total. The molecular weight excluding hydrogens is 365 g/mol. The van der Waals surface area contributed by atoms with Gasteiger partial charge in [-0.1, -0.05) is 29.3 Å². The average Bonchev–Trinajstić information content (AvgIpc) is 2.57. The van der Waals surface area contributed by atoms with E-state index in [1.807, 2.05) is 18.2 Å². The normalized spacial score (nSPS) is 15.8. The van der Waals surface area contributed by atoms with Gasteiger partial charge in [0.25, 0.3) is 0 Å². The average molecular weight is 388 g/mol. The molecule has 0 aromatic heterocycles. The van der Waals surface area contributed by atoms with Gasteiger partial charge in [0.15, 0.2) is 0 Å². The van der Waals surface area contributed by atoms with E-state index in [2.05, 4.69) is 15.5 Å². The van der Waals surface area contributed by atoms with Crippen LogP contribution in [-0.2, 0) is 11.3 Å². The number of halogens is 2. The predicted molar refractivity (Wildman–Crippen MR) is 98.2 cm³/mol. The third-order valence-electron chi connectivity index (χ3n) is 4.17. The molecule has 25 heavy (non-hydrogen) atoms. The van der Waals surface area contributed by atoms with Gasteiger partial charge in [0.2, 0.25) is 0 Å². The Morgan fingerprint density at radius 1 is 1.20 bits per heavy atom. The zero-order chi connectivity index (χ0) is 18.2. The van der Waals surface area contributed by atoms with Crippen molar-refractivity contribution < 1.29 is 14.7 Å². The summed E-state index contributed by atoms with van der Waals surface area (Å²) in [6.45, 7) is 2.97. The first kappa shape index (κ1) is 19.8. The van der Waals surface area contributed by atoms with E-state index in [-0.39, 0.29) is 18.5 Å². The van der Waals surface area contributed by atoms with Gasteiger partial charge in [-0.15, -0.1) is 0 Å². The first-order chi connectivity index (χ1) is 11.9. The Labute approximate surface area is 157 Å². The van der Waals surface area contributed by atoms with Gasteiger partial charge in [0.1, 0.15) is 0 Å². The summed E-state index contributed by atoms with van der Waals surface area (Å²) in [4.78, 5) is 24.5. The molecule has 0 radical (unpaired) electrons. The molecule has 2 amide bonds. The van der Waals surface area contributed by atoms with Crippen LogP contribution in [0.4, 0.5) is 4.79 Å². The maximum atomic E-state index is 11.8. The molecule has 0 spiro atoms. The van der Waals surface area contributed by atoms with E-state index in [0.717, 1.165) is 38.0 Å². The molecule has 138 valence electrons. The van der Waals surface area contributed by atoms with E-state index >= 15 is 0 Å². The van der Waals surface area contributed by atoms with Crippen LogP contribution in [0.2, 0.25) is 10.0 Å². The van der Waals surface area contributed by atoms with Gasteiger partial charge >= 0.3 is 12.0 Å². The number of aliphatic carboxylic acids is 1. The van der Waals surface area contributed by atoms with Crippen molar-refractivity contribution in [2.45, 2.75) is 38.3 Å². The molecule has 0 atom stereocenters. The molecule has 6 nitrogen and oxygen atoms in total. The lowest BCUT2D eigenvalue weighted by Crippen LogP contribution is -2.47. The summed E-state index contributed by atoms with van der Waals surface area (Å²) in [6, 6.07) is 5.59. The molecule has 1 aromatic carbocycles. The van der Waals surface area contributed by atoms with Crippen LogP contribution in [0, 0.1) is 0 Å². The molecule has 0 saturated carbocycles. The Bertz CT molecular complexity index is 605. The number of piperidine rings is 1. The monoisotopic (exact) mass is 387 g/mol. The fraction of sp³-hybridized carbons (Fsp3) is 0.529. The van der Waals surface area contributed by atoms with Gasteiger partial charge in [-0.3, -0.25) is 9.69 Å². The van der Waals surface area contributed by atoms with Gasteiger partial charge < -0.3 is 15.7 Å². The third kappa shape index (κ3) is 7.10. The van der Waals surface area contributed by atoms with E-state index in [1.54, 1.807) is 0 Å². The van der Waals surface area contributed by atoms with E-state index in [9.17, 15) is 9.59 Å². The molecular formula is C17H23Cl2N3O3. The summed E-state index contributed by atoms with van der Waals surface area (Å²) in [5, 5.41) is 15.3. The van der Waals surface area contributed by atoms with Crippen molar-refractivity contribution in [2.75, 3.05) is 19.6 Å². The number of benzene rings is 1. The Morgan fingerprint density at radius 3 is 2.56 bits per heavy atom. The van der Waals surface area contributed by atoms with E-state index < -0.39 is 5.97 Å². The van der Waals surface area contributed by atoms with Crippen molar-refractivity contribution in [2.24, 2.45) is 0 Å². The highest BCUT2D eigenvalue weighted by molar-refractivity contribution is 6.42. The van der Waals surface area contributed by atoms with Gasteiger partial charge in [-0.25, -0.2) is 4.79 Å². The Kier molecular flexibility index (Phi) is 7.81. The third-order valence-corrected chi connectivity index (χ3v) is 4.90. The summed E-state index contributed by atoms with van der Waals surface area (Å²) in [7, 11) is 0. The highest BCUT2D eigenvalue weighted by Gasteiger charge is 2.20.